The third-order valence-electron chi connectivity index (χ3n) is 2.55. The van der Waals surface area contributed by atoms with Gasteiger partial charge in [0.15, 0.2) is 0 Å². The van der Waals surface area contributed by atoms with Crippen molar-refractivity contribution in [2.75, 3.05) is 24.3 Å². The highest BCUT2D eigenvalue weighted by Crippen LogP contribution is 2.14. The smallest absolute Gasteiger partial charge is 0.327 e. The van der Waals surface area contributed by atoms with E-state index in [0.717, 1.165) is 12.8 Å². The minimum atomic E-state index is -0.571. The largest absolute Gasteiger partial charge is 0.391 e. The summed E-state index contributed by atoms with van der Waals surface area (Å²) in [5.74, 6) is 0.292. The van der Waals surface area contributed by atoms with Gasteiger partial charge in [0.25, 0.3) is 5.56 Å². The average molecular weight is 226 g/mol. The van der Waals surface area contributed by atoms with E-state index in [2.05, 4.69) is 15.3 Å². The Morgan fingerprint density at radius 1 is 1.25 bits per heavy atom. The Hall–Kier alpha value is -1.76. The Kier molecular flexibility index (Phi) is 2.95. The second-order valence-corrected chi connectivity index (χ2v) is 3.73. The van der Waals surface area contributed by atoms with Gasteiger partial charge in [0.2, 0.25) is 0 Å². The SMILES string of the molecule is Nc1c(NC2CCOCC2)[nH]c(=O)[nH]c1=O. The molecule has 0 aromatic carbocycles. The molecular weight excluding hydrogens is 212 g/mol. The van der Waals surface area contributed by atoms with Crippen molar-refractivity contribution in [2.45, 2.75) is 18.9 Å². The average Bonchev–Trinajstić information content (AvgIpc) is 2.27. The summed E-state index contributed by atoms with van der Waals surface area (Å²) in [7, 11) is 0. The number of hydrogen-bond acceptors (Lipinski definition) is 5. The van der Waals surface area contributed by atoms with E-state index in [1.54, 1.807) is 0 Å². The van der Waals surface area contributed by atoms with Gasteiger partial charge in [-0.25, -0.2) is 4.79 Å². The second kappa shape index (κ2) is 4.40. The van der Waals surface area contributed by atoms with Crippen LogP contribution in [0.4, 0.5) is 11.5 Å². The Morgan fingerprint density at radius 3 is 2.62 bits per heavy atom. The molecule has 2 rings (SSSR count). The molecule has 1 fully saturated rings. The van der Waals surface area contributed by atoms with Crippen LogP contribution in [0.2, 0.25) is 0 Å². The number of rotatable bonds is 2. The van der Waals surface area contributed by atoms with Gasteiger partial charge in [-0.3, -0.25) is 14.8 Å². The lowest BCUT2D eigenvalue weighted by Crippen LogP contribution is -2.32. The van der Waals surface area contributed by atoms with Crippen LogP contribution >= 0.6 is 0 Å². The number of anilines is 2. The molecule has 88 valence electrons. The van der Waals surface area contributed by atoms with Crippen LogP contribution in [-0.2, 0) is 4.74 Å². The number of aromatic nitrogens is 2. The van der Waals surface area contributed by atoms with Crippen molar-refractivity contribution in [3.8, 4) is 0 Å². The highest BCUT2D eigenvalue weighted by atomic mass is 16.5. The van der Waals surface area contributed by atoms with Crippen LogP contribution in [0.1, 0.15) is 12.8 Å². The maximum Gasteiger partial charge on any atom is 0.327 e. The molecule has 16 heavy (non-hydrogen) atoms. The molecule has 5 N–H and O–H groups in total. The normalized spacial score (nSPS) is 17.2. The van der Waals surface area contributed by atoms with E-state index in [9.17, 15) is 9.59 Å². The van der Waals surface area contributed by atoms with Gasteiger partial charge in [0, 0.05) is 19.3 Å². The summed E-state index contributed by atoms with van der Waals surface area (Å²) >= 11 is 0. The highest BCUT2D eigenvalue weighted by Gasteiger charge is 2.15. The van der Waals surface area contributed by atoms with Gasteiger partial charge in [-0.15, -0.1) is 0 Å². The quantitative estimate of drug-likeness (QED) is 0.529. The lowest BCUT2D eigenvalue weighted by Gasteiger charge is -2.24. The Labute approximate surface area is 91.0 Å². The summed E-state index contributed by atoms with van der Waals surface area (Å²) < 4.78 is 5.20. The molecule has 7 heteroatoms. The fraction of sp³-hybridized carbons (Fsp3) is 0.556. The molecule has 0 aliphatic carbocycles. The highest BCUT2D eigenvalue weighted by molar-refractivity contribution is 5.59. The fourth-order valence-corrected chi connectivity index (χ4v) is 1.66. The number of H-pyrrole nitrogens is 2. The number of nitrogens with two attached hydrogens (primary N) is 1. The molecule has 1 aromatic rings. The van der Waals surface area contributed by atoms with E-state index >= 15 is 0 Å². The summed E-state index contributed by atoms with van der Waals surface area (Å²) in [5.41, 5.74) is 4.43. The van der Waals surface area contributed by atoms with Crippen LogP contribution in [0.25, 0.3) is 0 Å². The molecule has 1 aliphatic heterocycles. The number of aromatic amines is 2. The molecule has 0 unspecified atom stereocenters. The van der Waals surface area contributed by atoms with Gasteiger partial charge < -0.3 is 15.8 Å². The molecule has 1 aliphatic rings. The molecule has 0 atom stereocenters. The van der Waals surface area contributed by atoms with E-state index < -0.39 is 11.2 Å². The van der Waals surface area contributed by atoms with Gasteiger partial charge in [-0.2, -0.15) is 0 Å². The van der Waals surface area contributed by atoms with Crippen LogP contribution < -0.4 is 22.3 Å². The first-order chi connectivity index (χ1) is 7.66. The van der Waals surface area contributed by atoms with Crippen molar-refractivity contribution in [3.05, 3.63) is 20.8 Å². The van der Waals surface area contributed by atoms with Crippen molar-refractivity contribution in [1.82, 2.24) is 9.97 Å². The molecule has 0 spiro atoms. The number of ether oxygens (including phenoxy) is 1. The first kappa shape index (κ1) is 10.7. The van der Waals surface area contributed by atoms with Crippen LogP contribution in [0.5, 0.6) is 0 Å². The van der Waals surface area contributed by atoms with Gasteiger partial charge in [0.05, 0.1) is 0 Å². The number of hydrogen-bond donors (Lipinski definition) is 4. The Morgan fingerprint density at radius 2 is 1.94 bits per heavy atom. The van der Waals surface area contributed by atoms with Gasteiger partial charge in [-0.1, -0.05) is 0 Å². The summed E-state index contributed by atoms with van der Waals surface area (Å²) in [6, 6.07) is 0.175. The lowest BCUT2D eigenvalue weighted by atomic mass is 10.1. The first-order valence-corrected chi connectivity index (χ1v) is 5.13. The van der Waals surface area contributed by atoms with Crippen molar-refractivity contribution in [2.24, 2.45) is 0 Å². The third kappa shape index (κ3) is 2.25. The topological polar surface area (TPSA) is 113 Å². The van der Waals surface area contributed by atoms with E-state index in [0.29, 0.717) is 19.0 Å². The zero-order valence-corrected chi connectivity index (χ0v) is 8.71. The molecular formula is C9H14N4O3. The van der Waals surface area contributed by atoms with E-state index in [1.807, 2.05) is 0 Å². The Bertz CT molecular complexity index is 472. The lowest BCUT2D eigenvalue weighted by molar-refractivity contribution is 0.0904. The van der Waals surface area contributed by atoms with Gasteiger partial charge in [-0.05, 0) is 12.8 Å². The van der Waals surface area contributed by atoms with E-state index in [1.165, 1.54) is 0 Å². The third-order valence-corrected chi connectivity index (χ3v) is 2.55. The van der Waals surface area contributed by atoms with Crippen LogP contribution in [0.15, 0.2) is 9.59 Å². The standard InChI is InChI=1S/C9H14N4O3/c10-6-7(12-9(15)13-8(6)14)11-5-1-3-16-4-2-5/h5H,1-4,10H2,(H3,11,12,13,14,15). The van der Waals surface area contributed by atoms with Crippen LogP contribution in [-0.4, -0.2) is 29.2 Å². The monoisotopic (exact) mass is 226 g/mol. The molecule has 0 amide bonds. The minimum Gasteiger partial charge on any atom is -0.391 e. The molecule has 0 saturated carbocycles. The maximum absolute atomic E-state index is 11.2. The van der Waals surface area contributed by atoms with Gasteiger partial charge in [0.1, 0.15) is 11.5 Å². The van der Waals surface area contributed by atoms with Crippen molar-refractivity contribution < 1.29 is 4.74 Å². The molecule has 0 radical (unpaired) electrons. The summed E-state index contributed by atoms with van der Waals surface area (Å²) in [4.78, 5) is 26.8. The van der Waals surface area contributed by atoms with Crippen LogP contribution in [0, 0.1) is 0 Å². The Balaban J connectivity index is 2.20. The summed E-state index contributed by atoms with van der Waals surface area (Å²) in [6.07, 6.45) is 1.66. The zero-order valence-electron chi connectivity index (χ0n) is 8.71. The number of nitrogen functional groups attached to an aromatic ring is 1. The predicted octanol–water partition coefficient (Wildman–Crippen LogP) is -0.764. The summed E-state index contributed by atoms with van der Waals surface area (Å²) in [5, 5.41) is 3.05. The fourth-order valence-electron chi connectivity index (χ4n) is 1.66. The van der Waals surface area contributed by atoms with Crippen molar-refractivity contribution in [1.29, 1.82) is 0 Å². The van der Waals surface area contributed by atoms with E-state index in [4.69, 9.17) is 10.5 Å². The maximum atomic E-state index is 11.2. The predicted molar refractivity (Wildman–Crippen MR) is 59.6 cm³/mol. The van der Waals surface area contributed by atoms with Crippen molar-refractivity contribution in [3.63, 3.8) is 0 Å². The molecule has 1 aromatic heterocycles. The van der Waals surface area contributed by atoms with Crippen LogP contribution in [0.3, 0.4) is 0 Å². The molecule has 2 heterocycles. The second-order valence-electron chi connectivity index (χ2n) is 3.73. The summed E-state index contributed by atoms with van der Waals surface area (Å²) in [6.45, 7) is 1.34. The van der Waals surface area contributed by atoms with Gasteiger partial charge >= 0.3 is 5.69 Å². The molecule has 0 bridgehead atoms. The van der Waals surface area contributed by atoms with E-state index in [-0.39, 0.29) is 11.7 Å². The van der Waals surface area contributed by atoms with Crippen molar-refractivity contribution >= 4 is 11.5 Å². The molecule has 7 nitrogen and oxygen atoms in total. The number of nitrogens with one attached hydrogen (secondary N) is 3. The molecule has 1 saturated heterocycles. The zero-order chi connectivity index (χ0) is 11.5. The minimum absolute atomic E-state index is 0.00564. The first-order valence-electron chi connectivity index (χ1n) is 5.13.